The SMILES string of the molecule is CC(N)(CCCCSc1ccc2c(c1)CCC2)C(N)=O. The van der Waals surface area contributed by atoms with Crippen LogP contribution >= 0.6 is 11.8 Å². The Morgan fingerprint density at radius 3 is 2.80 bits per heavy atom. The van der Waals surface area contributed by atoms with Gasteiger partial charge in [0.2, 0.25) is 5.91 Å². The lowest BCUT2D eigenvalue weighted by molar-refractivity contribution is -0.122. The average molecular weight is 292 g/mol. The maximum absolute atomic E-state index is 11.1. The van der Waals surface area contributed by atoms with Gasteiger partial charge in [-0.1, -0.05) is 12.5 Å². The second-order valence-corrected chi connectivity index (χ2v) is 7.04. The molecule has 0 saturated carbocycles. The number of amides is 1. The summed E-state index contributed by atoms with van der Waals surface area (Å²) in [6, 6.07) is 6.84. The van der Waals surface area contributed by atoms with Gasteiger partial charge in [0.15, 0.2) is 0 Å². The van der Waals surface area contributed by atoms with Crippen molar-refractivity contribution in [2.75, 3.05) is 5.75 Å². The lowest BCUT2D eigenvalue weighted by Gasteiger charge is -2.19. The van der Waals surface area contributed by atoms with Crippen molar-refractivity contribution in [2.24, 2.45) is 11.5 Å². The van der Waals surface area contributed by atoms with E-state index >= 15 is 0 Å². The van der Waals surface area contributed by atoms with Crippen LogP contribution in [0, 0.1) is 0 Å². The molecule has 1 unspecified atom stereocenters. The van der Waals surface area contributed by atoms with Crippen LogP contribution in [-0.2, 0) is 17.6 Å². The van der Waals surface area contributed by atoms with Gasteiger partial charge in [0.05, 0.1) is 5.54 Å². The van der Waals surface area contributed by atoms with Gasteiger partial charge in [-0.3, -0.25) is 4.79 Å². The monoisotopic (exact) mass is 292 g/mol. The lowest BCUT2D eigenvalue weighted by atomic mass is 9.96. The summed E-state index contributed by atoms with van der Waals surface area (Å²) in [5.41, 5.74) is 13.3. The molecule has 110 valence electrons. The molecule has 0 saturated heterocycles. The first-order chi connectivity index (χ1) is 9.49. The van der Waals surface area contributed by atoms with Gasteiger partial charge in [0, 0.05) is 4.90 Å². The van der Waals surface area contributed by atoms with Crippen molar-refractivity contribution in [1.29, 1.82) is 0 Å². The van der Waals surface area contributed by atoms with E-state index in [4.69, 9.17) is 11.5 Å². The molecular weight excluding hydrogens is 268 g/mol. The standard InChI is InChI=1S/C16H24N2OS/c1-16(18,15(17)19)9-2-3-10-20-14-8-7-12-5-4-6-13(12)11-14/h7-8,11H,2-6,9-10,18H2,1H3,(H2,17,19). The molecule has 20 heavy (non-hydrogen) atoms. The third-order valence-corrected chi connectivity index (χ3v) is 5.07. The van der Waals surface area contributed by atoms with E-state index in [2.05, 4.69) is 18.2 Å². The summed E-state index contributed by atoms with van der Waals surface area (Å²) in [7, 11) is 0. The highest BCUT2D eigenvalue weighted by atomic mass is 32.2. The Labute approximate surface area is 125 Å². The van der Waals surface area contributed by atoms with E-state index in [1.165, 1.54) is 35.3 Å². The van der Waals surface area contributed by atoms with Crippen LogP contribution in [0.3, 0.4) is 0 Å². The molecule has 0 spiro atoms. The summed E-state index contributed by atoms with van der Waals surface area (Å²) in [6.45, 7) is 1.71. The van der Waals surface area contributed by atoms with Crippen LogP contribution in [0.5, 0.6) is 0 Å². The Bertz CT molecular complexity index is 485. The van der Waals surface area contributed by atoms with Gasteiger partial charge in [-0.25, -0.2) is 0 Å². The van der Waals surface area contributed by atoms with Gasteiger partial charge >= 0.3 is 0 Å². The average Bonchev–Trinajstić information content (AvgIpc) is 2.85. The van der Waals surface area contributed by atoms with Crippen LogP contribution in [0.2, 0.25) is 0 Å². The fraction of sp³-hybridized carbons (Fsp3) is 0.562. The van der Waals surface area contributed by atoms with Crippen LogP contribution in [0.25, 0.3) is 0 Å². The van der Waals surface area contributed by atoms with Crippen LogP contribution in [0.1, 0.15) is 43.7 Å². The molecule has 0 aliphatic heterocycles. The number of carbonyl (C=O) groups is 1. The minimum Gasteiger partial charge on any atom is -0.368 e. The summed E-state index contributed by atoms with van der Waals surface area (Å²) in [6.07, 6.45) is 6.42. The number of aryl methyl sites for hydroxylation is 2. The van der Waals surface area contributed by atoms with Crippen LogP contribution < -0.4 is 11.5 Å². The predicted molar refractivity (Wildman–Crippen MR) is 84.8 cm³/mol. The molecule has 0 aromatic heterocycles. The third kappa shape index (κ3) is 4.00. The summed E-state index contributed by atoms with van der Waals surface area (Å²) in [4.78, 5) is 12.5. The van der Waals surface area contributed by atoms with Gasteiger partial charge < -0.3 is 11.5 Å². The minimum atomic E-state index is -0.863. The highest BCUT2D eigenvalue weighted by molar-refractivity contribution is 7.99. The molecule has 1 aromatic rings. The largest absolute Gasteiger partial charge is 0.368 e. The highest BCUT2D eigenvalue weighted by Gasteiger charge is 2.24. The Kier molecular flexibility index (Phi) is 5.11. The molecule has 3 nitrogen and oxygen atoms in total. The molecule has 1 aliphatic carbocycles. The first kappa shape index (κ1) is 15.4. The van der Waals surface area contributed by atoms with Crippen molar-refractivity contribution in [3.63, 3.8) is 0 Å². The van der Waals surface area contributed by atoms with Crippen LogP contribution in [-0.4, -0.2) is 17.2 Å². The number of fused-ring (bicyclic) bond motifs is 1. The topological polar surface area (TPSA) is 69.1 Å². The quantitative estimate of drug-likeness (QED) is 0.599. The van der Waals surface area contributed by atoms with E-state index in [9.17, 15) is 4.79 Å². The van der Waals surface area contributed by atoms with E-state index in [1.54, 1.807) is 6.92 Å². The number of thioether (sulfide) groups is 1. The molecule has 1 aliphatic rings. The first-order valence-corrected chi connectivity index (χ1v) is 8.31. The van der Waals surface area contributed by atoms with Gasteiger partial charge in [-0.2, -0.15) is 0 Å². The number of benzene rings is 1. The van der Waals surface area contributed by atoms with Crippen molar-refractivity contribution in [3.05, 3.63) is 29.3 Å². The Balaban J connectivity index is 1.70. The lowest BCUT2D eigenvalue weighted by Crippen LogP contribution is -2.49. The van der Waals surface area contributed by atoms with E-state index in [1.807, 2.05) is 11.8 Å². The van der Waals surface area contributed by atoms with E-state index in [0.29, 0.717) is 6.42 Å². The summed E-state index contributed by atoms with van der Waals surface area (Å²) < 4.78 is 0. The molecule has 0 bridgehead atoms. The van der Waals surface area contributed by atoms with Crippen molar-refractivity contribution in [2.45, 2.75) is 55.9 Å². The number of unbranched alkanes of at least 4 members (excludes halogenated alkanes) is 1. The molecule has 1 amide bonds. The van der Waals surface area contributed by atoms with Crippen LogP contribution in [0.4, 0.5) is 0 Å². The van der Waals surface area contributed by atoms with Crippen molar-refractivity contribution in [1.82, 2.24) is 0 Å². The summed E-state index contributed by atoms with van der Waals surface area (Å²) >= 11 is 1.89. The molecule has 1 aromatic carbocycles. The van der Waals surface area contributed by atoms with E-state index in [0.717, 1.165) is 18.6 Å². The number of rotatable bonds is 7. The Morgan fingerprint density at radius 1 is 1.30 bits per heavy atom. The molecule has 4 N–H and O–H groups in total. The van der Waals surface area contributed by atoms with Crippen molar-refractivity contribution >= 4 is 17.7 Å². The number of hydrogen-bond donors (Lipinski definition) is 2. The highest BCUT2D eigenvalue weighted by Crippen LogP contribution is 2.28. The Hall–Kier alpha value is -1.00. The van der Waals surface area contributed by atoms with E-state index < -0.39 is 11.4 Å². The summed E-state index contributed by atoms with van der Waals surface area (Å²) in [5, 5.41) is 0. The molecule has 2 rings (SSSR count). The second-order valence-electron chi connectivity index (χ2n) is 5.87. The van der Waals surface area contributed by atoms with Gasteiger partial charge in [0.25, 0.3) is 0 Å². The fourth-order valence-electron chi connectivity index (χ4n) is 2.55. The molecule has 4 heteroatoms. The minimum absolute atomic E-state index is 0.413. The predicted octanol–water partition coefficient (Wildman–Crippen LogP) is 2.64. The number of hydrogen-bond acceptors (Lipinski definition) is 3. The molecule has 1 atom stereocenters. The van der Waals surface area contributed by atoms with Crippen molar-refractivity contribution in [3.8, 4) is 0 Å². The van der Waals surface area contributed by atoms with Gasteiger partial charge in [0.1, 0.15) is 0 Å². The molecule has 0 heterocycles. The number of nitrogens with two attached hydrogens (primary N) is 2. The third-order valence-electron chi connectivity index (χ3n) is 3.99. The molecular formula is C16H24N2OS. The zero-order valence-electron chi connectivity index (χ0n) is 12.2. The maximum atomic E-state index is 11.1. The van der Waals surface area contributed by atoms with Crippen molar-refractivity contribution < 1.29 is 4.79 Å². The fourth-order valence-corrected chi connectivity index (χ4v) is 3.52. The number of carbonyl (C=O) groups excluding carboxylic acids is 1. The van der Waals surface area contributed by atoms with Gasteiger partial charge in [-0.15, -0.1) is 11.8 Å². The zero-order valence-corrected chi connectivity index (χ0v) is 13.0. The normalized spacial score (nSPS) is 16.7. The molecule has 0 fully saturated rings. The smallest absolute Gasteiger partial charge is 0.237 e. The zero-order chi connectivity index (χ0) is 14.6. The van der Waals surface area contributed by atoms with Gasteiger partial charge in [-0.05, 0) is 68.0 Å². The second kappa shape index (κ2) is 6.64. The summed E-state index contributed by atoms with van der Waals surface area (Å²) in [5.74, 6) is 0.650. The molecule has 0 radical (unpaired) electrons. The van der Waals surface area contributed by atoms with E-state index in [-0.39, 0.29) is 0 Å². The van der Waals surface area contributed by atoms with Crippen LogP contribution in [0.15, 0.2) is 23.1 Å². The first-order valence-electron chi connectivity index (χ1n) is 7.32. The maximum Gasteiger partial charge on any atom is 0.237 e. The number of primary amides is 1. The Morgan fingerprint density at radius 2 is 2.05 bits per heavy atom.